The Morgan fingerprint density at radius 2 is 0.560 bits per heavy atom. The number of aromatic hydroxyl groups is 2. The molecule has 0 saturated heterocycles. The molecule has 0 heterocycles. The number of carboxylic acids is 4. The number of rotatable bonds is 12. The molecule has 16 nitrogen and oxygen atoms in total. The predicted octanol–water partition coefficient (Wildman–Crippen LogP) is 23.8. The Labute approximate surface area is 766 Å². The van der Waals surface area contributed by atoms with E-state index in [0.717, 1.165) is 62.1 Å². The van der Waals surface area contributed by atoms with Crippen molar-refractivity contribution < 1.29 is 227 Å². The predicted molar refractivity (Wildman–Crippen MR) is 433 cm³/mol. The number of phenolic OH excluding ortho intramolecular Hbond substituents is 2. The van der Waals surface area contributed by atoms with Crippen LogP contribution in [0.4, 0.5) is 17.6 Å². The standard InChI is InChI=1S/C11H13FO3.C10H11FO3.C8H7FO3.C7H5FO3.2C7H6O2.2C7H8.2C3H7.C2H5I.4C2H6.4CH3.4Y/c1-3-6-15-10-7-8(11(13)14-2)4-5-9(10)12;1-2-5-14-9-6-7(10(12)13)3-4-8(9)11;1-12-8(11)5-2-3-6(9)7(10)4-5;8-5-2-1-4(7(10)11)3-6(5)9;2*8-7(9)6-4-2-1-3-5-6;2*1-7-5-3-2-4-6-7;2*1-3-2;1-2-3;4*1-2;;;;;;;;/h4-5,7H,3,6H2,1-2H3;3-4,6H,2,5H2,1H3,(H,12,13);2-4,10H,1H3;1-3,9H,(H,10,11);2*1-5H,(H,8,9);2*2-6H,1H3;2*1,3H2,2H3;2H2,1H3;4*1-2H3;4*1H3;;;;/q;;;;;;;;2*-1;;;;;;4*-1;;;;. The molecule has 8 aromatic rings. The third-order valence-corrected chi connectivity index (χ3v) is 9.94. The Morgan fingerprint density at radius 3 is 0.761 bits per heavy atom. The van der Waals surface area contributed by atoms with Gasteiger partial charge in [0.05, 0.1) is 60.8 Å². The molecule has 0 aromatic heterocycles. The van der Waals surface area contributed by atoms with Crippen molar-refractivity contribution >= 4 is 58.4 Å². The molecule has 0 spiro atoms. The molecular formula is C84H119F4IO16Y4-6. The summed E-state index contributed by atoms with van der Waals surface area (Å²) in [5.41, 5.74) is 3.60. The van der Waals surface area contributed by atoms with Crippen molar-refractivity contribution in [3.05, 3.63) is 305 Å². The van der Waals surface area contributed by atoms with Crippen molar-refractivity contribution in [3.63, 3.8) is 0 Å². The molecule has 8 aromatic carbocycles. The minimum Gasteiger partial charge on any atom is -0.505 e. The van der Waals surface area contributed by atoms with Crippen LogP contribution in [0.15, 0.2) is 194 Å². The average Bonchev–Trinajstić information content (AvgIpc) is 0.877. The SMILES string of the molecule is CC.CC.CC.CC.CCCOc1cc(C(=O)O)ccc1F.CCCOc1cc(C(=O)OC)ccc1F.CCI.COC(=O)c1ccc(F)c(O)c1.Cc1ccccc1.Cc1ccccc1.O=C(O)c1ccc(F)c(O)c1.O=C(O)c1ccccc1.O=C(O)c1ccccc1.[CH2-]CC.[CH2-]CC.[CH3-].[CH3-].[CH3-].[CH3-].[Y].[Y].[Y].[Y]. The zero-order valence-corrected chi connectivity index (χ0v) is 81.3. The maximum absolute atomic E-state index is 13.2. The number of ether oxygens (including phenoxy) is 4. The summed E-state index contributed by atoms with van der Waals surface area (Å²) in [6, 6.07) is 50.6. The molecule has 6 N–H and O–H groups in total. The molecule has 109 heavy (non-hydrogen) atoms. The summed E-state index contributed by atoms with van der Waals surface area (Å²) in [5.74, 6) is -8.88. The van der Waals surface area contributed by atoms with Crippen LogP contribution < -0.4 is 9.47 Å². The Kier molecular flexibility index (Phi) is 126. The van der Waals surface area contributed by atoms with Gasteiger partial charge in [-0.05, 0) is 128 Å². The Morgan fingerprint density at radius 1 is 0.358 bits per heavy atom. The molecular weight excluding hydrogens is 1820 g/mol. The molecule has 0 aliphatic carbocycles. The van der Waals surface area contributed by atoms with Crippen LogP contribution in [0.25, 0.3) is 0 Å². The minimum absolute atomic E-state index is 0. The number of phenols is 2. The molecule has 0 aliphatic rings. The van der Waals surface area contributed by atoms with E-state index in [1.807, 2.05) is 119 Å². The topological polar surface area (TPSA) is 261 Å². The Hall–Kier alpha value is -5.35. The number of carbonyl (C=O) groups excluding carboxylic acids is 2. The minimum atomic E-state index is -1.19. The third-order valence-electron chi connectivity index (χ3n) is 9.94. The summed E-state index contributed by atoms with van der Waals surface area (Å²) in [7, 11) is 2.49. The van der Waals surface area contributed by atoms with E-state index >= 15 is 0 Å². The van der Waals surface area contributed by atoms with Gasteiger partial charge >= 0.3 is 35.8 Å². The molecule has 0 amide bonds. The van der Waals surface area contributed by atoms with Gasteiger partial charge in [0.2, 0.25) is 0 Å². The van der Waals surface area contributed by atoms with Crippen LogP contribution in [0, 0.1) is 80.7 Å². The number of benzene rings is 8. The number of hydrogen-bond acceptors (Lipinski definition) is 12. The Bertz CT molecular complexity index is 3260. The van der Waals surface area contributed by atoms with Crippen LogP contribution in [0.5, 0.6) is 23.0 Å². The van der Waals surface area contributed by atoms with E-state index in [4.69, 9.17) is 40.1 Å². The van der Waals surface area contributed by atoms with E-state index in [2.05, 4.69) is 90.9 Å². The summed E-state index contributed by atoms with van der Waals surface area (Å²) in [4.78, 5) is 63.2. The molecule has 0 aliphatic heterocycles. The fourth-order valence-corrected chi connectivity index (χ4v) is 5.66. The van der Waals surface area contributed by atoms with Crippen molar-refractivity contribution in [2.45, 2.75) is 130 Å². The molecule has 0 fully saturated rings. The first-order chi connectivity index (χ1) is 48.2. The van der Waals surface area contributed by atoms with Crippen molar-refractivity contribution in [3.8, 4) is 23.0 Å². The van der Waals surface area contributed by atoms with Gasteiger partial charge < -0.3 is 93.1 Å². The van der Waals surface area contributed by atoms with E-state index < -0.39 is 70.6 Å². The van der Waals surface area contributed by atoms with Gasteiger partial charge in [0.1, 0.15) is 0 Å². The monoisotopic (exact) mass is 1940 g/mol. The van der Waals surface area contributed by atoms with Gasteiger partial charge in [-0.3, -0.25) is 0 Å². The number of alkyl halides is 1. The maximum Gasteiger partial charge on any atom is 0.337 e. The number of carboxylic acid groups (broad SMARTS) is 4. The molecule has 8 rings (SSSR count). The fraction of sp³-hybridized carbons (Fsp3) is 0.286. The van der Waals surface area contributed by atoms with Crippen molar-refractivity contribution in [2.24, 2.45) is 0 Å². The first-order valence-electron chi connectivity index (χ1n) is 32.4. The molecule has 25 heteroatoms. The summed E-state index contributed by atoms with van der Waals surface area (Å²) < 4.78 is 71.3. The van der Waals surface area contributed by atoms with Crippen molar-refractivity contribution in [1.29, 1.82) is 0 Å². The number of aromatic carboxylic acids is 4. The van der Waals surface area contributed by atoms with Crippen LogP contribution in [-0.4, -0.2) is 98.3 Å². The number of carbonyl (C=O) groups is 6. The average molecular weight is 1940 g/mol. The number of hydrogen-bond donors (Lipinski definition) is 6. The largest absolute Gasteiger partial charge is 0.505 e. The van der Waals surface area contributed by atoms with Gasteiger partial charge in [-0.15, -0.1) is 0 Å². The van der Waals surface area contributed by atoms with E-state index in [0.29, 0.717) is 24.3 Å². The van der Waals surface area contributed by atoms with Gasteiger partial charge in [0.15, 0.2) is 46.3 Å². The van der Waals surface area contributed by atoms with E-state index in [-0.39, 0.29) is 194 Å². The van der Waals surface area contributed by atoms with E-state index in [1.54, 1.807) is 60.7 Å². The fourth-order valence-electron chi connectivity index (χ4n) is 5.66. The summed E-state index contributed by atoms with van der Waals surface area (Å²) in [6.07, 6.45) is 3.53. The zero-order valence-electron chi connectivity index (χ0n) is 67.8. The first kappa shape index (κ1) is 139. The number of esters is 2. The smallest absolute Gasteiger partial charge is 0.337 e. The van der Waals surface area contributed by atoms with Gasteiger partial charge in [-0.1, -0.05) is 221 Å². The third kappa shape index (κ3) is 79.1. The summed E-state index contributed by atoms with van der Waals surface area (Å²) in [6.45, 7) is 37.9. The van der Waals surface area contributed by atoms with Crippen LogP contribution in [0.3, 0.4) is 0 Å². The van der Waals surface area contributed by atoms with Crippen molar-refractivity contribution in [1.82, 2.24) is 0 Å². The van der Waals surface area contributed by atoms with Gasteiger partial charge in [0, 0.05) is 131 Å². The molecule has 0 atom stereocenters. The first-order valence-corrected chi connectivity index (χ1v) is 34.0. The molecule has 4 radical (unpaired) electrons. The van der Waals surface area contributed by atoms with Crippen LogP contribution in [0.2, 0.25) is 0 Å². The molecule has 0 bridgehead atoms. The summed E-state index contributed by atoms with van der Waals surface area (Å²) in [5, 5.41) is 51.4. The summed E-state index contributed by atoms with van der Waals surface area (Å²) >= 11 is 2.29. The molecule has 604 valence electrons. The quantitative estimate of drug-likeness (QED) is 0.0218. The maximum atomic E-state index is 13.2. The van der Waals surface area contributed by atoms with E-state index in [1.165, 1.54) is 66.2 Å². The zero-order chi connectivity index (χ0) is 79.1. The molecule has 0 unspecified atom stereocenters. The second-order valence-electron chi connectivity index (χ2n) is 17.8. The van der Waals surface area contributed by atoms with Gasteiger partial charge in [-0.2, -0.15) is 12.8 Å². The number of methoxy groups -OCH3 is 2. The van der Waals surface area contributed by atoms with Crippen LogP contribution in [0.1, 0.15) is 189 Å². The second kappa shape index (κ2) is 98.7. The van der Waals surface area contributed by atoms with Gasteiger partial charge in [0.25, 0.3) is 0 Å². The van der Waals surface area contributed by atoms with Crippen LogP contribution >= 0.6 is 22.6 Å². The van der Waals surface area contributed by atoms with E-state index in [9.17, 15) is 46.3 Å². The number of aryl methyl sites for hydroxylation is 2. The number of halogens is 5. The normalized spacial score (nSPS) is 7.93. The second-order valence-corrected chi connectivity index (χ2v) is 19.4. The van der Waals surface area contributed by atoms with Crippen LogP contribution in [-0.2, 0) is 140 Å². The van der Waals surface area contributed by atoms with Crippen molar-refractivity contribution in [2.75, 3.05) is 31.9 Å². The Balaban J connectivity index is -0.0000000690. The molecule has 0 saturated carbocycles. The van der Waals surface area contributed by atoms with Gasteiger partial charge in [-0.25, -0.2) is 46.3 Å².